The molecule has 4 N–H and O–H groups in total. The highest BCUT2D eigenvalue weighted by molar-refractivity contribution is 5.82. The third-order valence-electron chi connectivity index (χ3n) is 5.89. The van der Waals surface area contributed by atoms with E-state index in [4.69, 9.17) is 16.0 Å². The summed E-state index contributed by atoms with van der Waals surface area (Å²) in [5, 5.41) is 23.5. The zero-order valence-corrected chi connectivity index (χ0v) is 20.4. The smallest absolute Gasteiger partial charge is 0.331 e. The number of allylic oxidation sites excluding steroid dienone is 1. The van der Waals surface area contributed by atoms with Gasteiger partial charge in [0.1, 0.15) is 12.7 Å². The first-order valence-electron chi connectivity index (χ1n) is 12.5. The summed E-state index contributed by atoms with van der Waals surface area (Å²) < 4.78 is 5.20. The predicted molar refractivity (Wildman–Crippen MR) is 135 cm³/mol. The first kappa shape index (κ1) is 29.7. The van der Waals surface area contributed by atoms with E-state index in [9.17, 15) is 15.0 Å². The molecule has 2 atom stereocenters. The maximum absolute atomic E-state index is 12.4. The minimum Gasteiger partial charge on any atom is -0.459 e. The van der Waals surface area contributed by atoms with Gasteiger partial charge >= 0.3 is 5.97 Å². The fourth-order valence-corrected chi connectivity index (χ4v) is 3.61. The van der Waals surface area contributed by atoms with Crippen molar-refractivity contribution < 1.29 is 19.7 Å². The van der Waals surface area contributed by atoms with E-state index in [-0.39, 0.29) is 6.61 Å². The van der Waals surface area contributed by atoms with Crippen LogP contribution in [0.3, 0.4) is 0 Å². The van der Waals surface area contributed by atoms with Crippen LogP contribution in [0.5, 0.6) is 0 Å². The molecular formula is C26H42N4O4. The minimum atomic E-state index is -1.88. The van der Waals surface area contributed by atoms with Gasteiger partial charge in [-0.05, 0) is 30.4 Å². The van der Waals surface area contributed by atoms with Crippen LogP contribution < -0.4 is 5.73 Å². The number of azide groups is 1. The van der Waals surface area contributed by atoms with Crippen molar-refractivity contribution in [2.45, 2.75) is 95.3 Å². The van der Waals surface area contributed by atoms with Crippen molar-refractivity contribution in [1.82, 2.24) is 0 Å². The lowest BCUT2D eigenvalue weighted by atomic mass is 9.93. The zero-order chi connectivity index (χ0) is 24.9. The molecule has 0 bridgehead atoms. The molecule has 1 aromatic rings. The first-order valence-corrected chi connectivity index (χ1v) is 12.5. The highest BCUT2D eigenvalue weighted by atomic mass is 16.5. The van der Waals surface area contributed by atoms with Gasteiger partial charge in [-0.3, -0.25) is 0 Å². The number of aliphatic hydroxyl groups excluding tert-OH is 2. The molecular weight excluding hydrogens is 432 g/mol. The summed E-state index contributed by atoms with van der Waals surface area (Å²) in [6.07, 6.45) is 15.7. The number of rotatable bonds is 20. The van der Waals surface area contributed by atoms with E-state index in [0.717, 1.165) is 37.7 Å². The fraction of sp³-hybridized carbons (Fsp3) is 0.654. The van der Waals surface area contributed by atoms with Crippen LogP contribution in [0.25, 0.3) is 10.4 Å². The van der Waals surface area contributed by atoms with Gasteiger partial charge < -0.3 is 20.7 Å². The van der Waals surface area contributed by atoms with Crippen LogP contribution in [0.4, 0.5) is 0 Å². The van der Waals surface area contributed by atoms with Crippen LogP contribution in [0, 0.1) is 0 Å². The van der Waals surface area contributed by atoms with Crippen molar-refractivity contribution in [1.29, 1.82) is 0 Å². The van der Waals surface area contributed by atoms with Crippen molar-refractivity contribution in [2.75, 3.05) is 13.2 Å². The van der Waals surface area contributed by atoms with Crippen molar-refractivity contribution in [3.63, 3.8) is 0 Å². The molecule has 0 spiro atoms. The quantitative estimate of drug-likeness (QED) is 0.0585. The summed E-state index contributed by atoms with van der Waals surface area (Å²) in [7, 11) is 0. The maximum Gasteiger partial charge on any atom is 0.331 e. The lowest BCUT2D eigenvalue weighted by Crippen LogP contribution is -2.60. The van der Waals surface area contributed by atoms with Crippen LogP contribution >= 0.6 is 0 Å². The first-order chi connectivity index (χ1) is 16.5. The maximum atomic E-state index is 12.4. The number of hydrogen-bond acceptors (Lipinski definition) is 6. The van der Waals surface area contributed by atoms with Crippen molar-refractivity contribution in [3.8, 4) is 0 Å². The number of carbonyl (C=O) groups is 1. The Kier molecular flexibility index (Phi) is 16.6. The topological polar surface area (TPSA) is 142 Å². The highest BCUT2D eigenvalue weighted by Gasteiger charge is 2.41. The van der Waals surface area contributed by atoms with Gasteiger partial charge in [-0.15, -0.1) is 0 Å². The van der Waals surface area contributed by atoms with Gasteiger partial charge in [0.2, 0.25) is 0 Å². The molecule has 0 saturated heterocycles. The molecule has 0 aromatic heterocycles. The number of aliphatic hydroxyl groups is 2. The Morgan fingerprint density at radius 3 is 2.15 bits per heavy atom. The molecule has 34 heavy (non-hydrogen) atoms. The number of carbonyl (C=O) groups excluding carboxylic acids is 1. The molecule has 0 unspecified atom stereocenters. The van der Waals surface area contributed by atoms with Crippen LogP contribution in [0.2, 0.25) is 0 Å². The summed E-state index contributed by atoms with van der Waals surface area (Å²) in [4.78, 5) is 15.1. The molecule has 0 aliphatic carbocycles. The molecule has 0 fully saturated rings. The predicted octanol–water partition coefficient (Wildman–Crippen LogP) is 5.33. The largest absolute Gasteiger partial charge is 0.459 e. The third-order valence-corrected chi connectivity index (χ3v) is 5.89. The van der Waals surface area contributed by atoms with E-state index >= 15 is 0 Å². The molecule has 190 valence electrons. The molecule has 0 radical (unpaired) electrons. The van der Waals surface area contributed by atoms with Gasteiger partial charge in [-0.1, -0.05) is 105 Å². The lowest BCUT2D eigenvalue weighted by molar-refractivity contribution is -0.157. The van der Waals surface area contributed by atoms with E-state index < -0.39 is 24.2 Å². The van der Waals surface area contributed by atoms with E-state index in [2.05, 4.69) is 10.0 Å². The van der Waals surface area contributed by atoms with Gasteiger partial charge in [0.15, 0.2) is 5.54 Å². The number of benzene rings is 1. The highest BCUT2D eigenvalue weighted by Crippen LogP contribution is 2.15. The number of ether oxygens (including phenoxy) is 1. The van der Waals surface area contributed by atoms with E-state index in [1.54, 1.807) is 0 Å². The van der Waals surface area contributed by atoms with Crippen molar-refractivity contribution in [2.24, 2.45) is 10.8 Å². The van der Waals surface area contributed by atoms with Crippen LogP contribution in [0.15, 0.2) is 47.6 Å². The Morgan fingerprint density at radius 2 is 1.59 bits per heavy atom. The average Bonchev–Trinajstić information content (AvgIpc) is 2.86. The average molecular weight is 475 g/mol. The van der Waals surface area contributed by atoms with Crippen LogP contribution in [-0.2, 0) is 16.1 Å². The Labute approximate surface area is 203 Å². The second-order valence-electron chi connectivity index (χ2n) is 8.77. The van der Waals surface area contributed by atoms with Crippen LogP contribution in [0.1, 0.15) is 82.6 Å². The van der Waals surface area contributed by atoms with Crippen molar-refractivity contribution in [3.05, 3.63) is 58.5 Å². The Bertz CT molecular complexity index is 738. The molecule has 0 saturated carbocycles. The second kappa shape index (κ2) is 19.0. The number of esters is 1. The monoisotopic (exact) mass is 474 g/mol. The molecule has 8 heteroatoms. The van der Waals surface area contributed by atoms with E-state index in [1.807, 2.05) is 36.4 Å². The number of nitrogens with zero attached hydrogens (tertiary/aromatic N) is 3. The summed E-state index contributed by atoms with van der Waals surface area (Å²) in [6, 6.07) is 9.17. The van der Waals surface area contributed by atoms with Gasteiger partial charge in [0.25, 0.3) is 0 Å². The SMILES string of the molecule is [N-]=[N+]=NCCCCCCCCCCCCC/C=C/[C@@H](O)[C@@](N)(CO)C(=O)OCc1ccccc1. The Morgan fingerprint density at radius 1 is 1.03 bits per heavy atom. The summed E-state index contributed by atoms with van der Waals surface area (Å²) in [6.45, 7) is -0.0592. The van der Waals surface area contributed by atoms with Crippen molar-refractivity contribution >= 4 is 5.97 Å². The normalized spacial score (nSPS) is 13.9. The Balaban J connectivity index is 2.10. The molecule has 0 aliphatic rings. The molecule has 8 nitrogen and oxygen atoms in total. The summed E-state index contributed by atoms with van der Waals surface area (Å²) in [5.74, 6) is -0.829. The Hall–Kier alpha value is -2.38. The molecule has 1 aromatic carbocycles. The number of unbranched alkanes of at least 4 members (excludes halogenated alkanes) is 11. The molecule has 0 heterocycles. The summed E-state index contributed by atoms with van der Waals surface area (Å²) >= 11 is 0. The van der Waals surface area contributed by atoms with Gasteiger partial charge in [-0.25, -0.2) is 4.79 Å². The number of nitrogens with two attached hydrogens (primary N) is 1. The minimum absolute atomic E-state index is 0.0356. The summed E-state index contributed by atoms with van der Waals surface area (Å²) in [5.41, 5.74) is 13.1. The van der Waals surface area contributed by atoms with E-state index in [0.29, 0.717) is 6.54 Å². The molecule has 0 amide bonds. The van der Waals surface area contributed by atoms with Crippen LogP contribution in [-0.4, -0.2) is 41.0 Å². The lowest BCUT2D eigenvalue weighted by Gasteiger charge is -2.28. The second-order valence-corrected chi connectivity index (χ2v) is 8.77. The van der Waals surface area contributed by atoms with Gasteiger partial charge in [-0.2, -0.15) is 0 Å². The molecule has 1 rings (SSSR count). The zero-order valence-electron chi connectivity index (χ0n) is 20.4. The fourth-order valence-electron chi connectivity index (χ4n) is 3.61. The van der Waals surface area contributed by atoms with Gasteiger partial charge in [0, 0.05) is 11.5 Å². The standard InChI is InChI=1S/C26H42N4O4/c27-26(22-31,25(33)34-21-23-17-13-12-14-18-23)24(32)19-15-10-8-6-4-2-1-3-5-7-9-11-16-20-29-30-28/h12-15,17-19,24,31-32H,1-11,16,20-22,27H2/b19-15+/t24-,26+/m1/s1. The third kappa shape index (κ3) is 12.8. The van der Waals surface area contributed by atoms with E-state index in [1.165, 1.54) is 51.0 Å². The number of hydrogen-bond donors (Lipinski definition) is 3. The molecule has 0 aliphatic heterocycles. The van der Waals surface area contributed by atoms with Gasteiger partial charge in [0.05, 0.1) is 6.61 Å².